The molecule has 0 unspecified atom stereocenters. The highest BCUT2D eigenvalue weighted by Crippen LogP contribution is 2.27. The summed E-state index contributed by atoms with van der Waals surface area (Å²) in [5.74, 6) is 0.488. The Morgan fingerprint density at radius 2 is 1.70 bits per heavy atom. The van der Waals surface area contributed by atoms with Gasteiger partial charge in [-0.25, -0.2) is 16.8 Å². The van der Waals surface area contributed by atoms with Crippen molar-refractivity contribution < 1.29 is 26.3 Å². The fourth-order valence-corrected chi connectivity index (χ4v) is 6.82. The Labute approximate surface area is 197 Å². The van der Waals surface area contributed by atoms with E-state index in [2.05, 4.69) is 4.90 Å². The van der Waals surface area contributed by atoms with Gasteiger partial charge in [0.05, 0.1) is 23.5 Å². The van der Waals surface area contributed by atoms with Crippen molar-refractivity contribution in [2.45, 2.75) is 35.2 Å². The number of rotatable bonds is 10. The summed E-state index contributed by atoms with van der Waals surface area (Å²) in [6.45, 7) is 2.40. The van der Waals surface area contributed by atoms with Crippen LogP contribution in [0.3, 0.4) is 0 Å². The molecule has 8 nitrogen and oxygen atoms in total. The van der Waals surface area contributed by atoms with Crippen molar-refractivity contribution in [3.8, 4) is 5.75 Å². The predicted octanol–water partition coefficient (Wildman–Crippen LogP) is 2.40. The van der Waals surface area contributed by atoms with Crippen LogP contribution in [0.1, 0.15) is 18.4 Å². The number of nitrogens with zero attached hydrogens (tertiary/aromatic N) is 2. The molecule has 3 rings (SSSR count). The quantitative estimate of drug-likeness (QED) is 0.499. The van der Waals surface area contributed by atoms with Gasteiger partial charge in [0.2, 0.25) is 10.0 Å². The molecule has 2 aromatic rings. The lowest BCUT2D eigenvalue weighted by molar-refractivity contribution is 0.124. The first-order chi connectivity index (χ1) is 15.7. The van der Waals surface area contributed by atoms with Crippen LogP contribution in [0, 0.1) is 0 Å². The van der Waals surface area contributed by atoms with Gasteiger partial charge in [-0.1, -0.05) is 24.3 Å². The number of methoxy groups -OCH3 is 2. The van der Waals surface area contributed by atoms with E-state index < -0.39 is 19.9 Å². The molecular weight excluding hydrogens is 464 g/mol. The number of ether oxygens (including phenoxy) is 2. The highest BCUT2D eigenvalue weighted by atomic mass is 32.2. The van der Waals surface area contributed by atoms with E-state index in [1.807, 2.05) is 12.1 Å². The maximum Gasteiger partial charge on any atom is 0.243 e. The minimum absolute atomic E-state index is 0.169. The summed E-state index contributed by atoms with van der Waals surface area (Å²) in [5, 5.41) is 0. The molecule has 0 amide bonds. The van der Waals surface area contributed by atoms with E-state index in [0.29, 0.717) is 49.7 Å². The summed E-state index contributed by atoms with van der Waals surface area (Å²) in [6, 6.07) is 13.4. The third kappa shape index (κ3) is 6.33. The number of hydrogen-bond acceptors (Lipinski definition) is 7. The Hall–Kier alpha value is -1.98. The van der Waals surface area contributed by atoms with Crippen LogP contribution in [0.2, 0.25) is 0 Å². The van der Waals surface area contributed by atoms with Gasteiger partial charge in [-0.2, -0.15) is 4.31 Å². The Bertz CT molecular complexity index is 1140. The van der Waals surface area contributed by atoms with Gasteiger partial charge in [0.1, 0.15) is 5.75 Å². The Kier molecular flexibility index (Phi) is 8.52. The minimum atomic E-state index is -3.73. The van der Waals surface area contributed by atoms with Crippen molar-refractivity contribution >= 4 is 19.9 Å². The Balaban J connectivity index is 1.75. The molecule has 0 aromatic heterocycles. The maximum absolute atomic E-state index is 13.5. The third-order valence-corrected chi connectivity index (χ3v) is 9.04. The second-order valence-corrected chi connectivity index (χ2v) is 12.0. The van der Waals surface area contributed by atoms with E-state index in [-0.39, 0.29) is 17.5 Å². The third-order valence-electron chi connectivity index (χ3n) is 5.89. The number of sulfonamides is 1. The second kappa shape index (κ2) is 11.0. The van der Waals surface area contributed by atoms with Gasteiger partial charge >= 0.3 is 0 Å². The maximum atomic E-state index is 13.5. The van der Waals surface area contributed by atoms with Gasteiger partial charge in [0.15, 0.2) is 9.84 Å². The first-order valence-corrected chi connectivity index (χ1v) is 14.1. The second-order valence-electron chi connectivity index (χ2n) is 8.17. The summed E-state index contributed by atoms with van der Waals surface area (Å²) in [5.41, 5.74) is 0.763. The van der Waals surface area contributed by atoms with Gasteiger partial charge in [0.25, 0.3) is 0 Å². The fourth-order valence-electron chi connectivity index (χ4n) is 4.18. The van der Waals surface area contributed by atoms with Crippen molar-refractivity contribution in [2.75, 3.05) is 46.7 Å². The summed E-state index contributed by atoms with van der Waals surface area (Å²) < 4.78 is 63.1. The van der Waals surface area contributed by atoms with Crippen LogP contribution in [-0.4, -0.2) is 78.8 Å². The molecule has 182 valence electrons. The molecule has 1 heterocycles. The highest BCUT2D eigenvalue weighted by molar-refractivity contribution is 7.90. The fraction of sp³-hybridized carbons (Fsp3) is 0.478. The zero-order valence-corrected chi connectivity index (χ0v) is 20.9. The molecule has 10 heteroatoms. The van der Waals surface area contributed by atoms with Crippen molar-refractivity contribution in [3.05, 3.63) is 54.1 Å². The summed E-state index contributed by atoms with van der Waals surface area (Å²) in [7, 11) is -3.99. The molecule has 0 atom stereocenters. The lowest BCUT2D eigenvalue weighted by Crippen LogP contribution is -2.48. The number of piperidine rings is 1. The van der Waals surface area contributed by atoms with E-state index >= 15 is 0 Å². The molecule has 1 saturated heterocycles. The van der Waals surface area contributed by atoms with Gasteiger partial charge in [-0.15, -0.1) is 0 Å². The van der Waals surface area contributed by atoms with Crippen LogP contribution in [0.15, 0.2) is 58.3 Å². The van der Waals surface area contributed by atoms with E-state index in [4.69, 9.17) is 9.47 Å². The first-order valence-electron chi connectivity index (χ1n) is 10.8. The van der Waals surface area contributed by atoms with E-state index in [0.717, 1.165) is 5.56 Å². The lowest BCUT2D eigenvalue weighted by atomic mass is 10.0. The van der Waals surface area contributed by atoms with E-state index in [1.54, 1.807) is 37.4 Å². The van der Waals surface area contributed by atoms with Crippen molar-refractivity contribution in [3.63, 3.8) is 0 Å². The molecule has 33 heavy (non-hydrogen) atoms. The van der Waals surface area contributed by atoms with Gasteiger partial charge in [0, 0.05) is 51.7 Å². The van der Waals surface area contributed by atoms with Crippen LogP contribution in [-0.2, 0) is 31.1 Å². The van der Waals surface area contributed by atoms with Crippen LogP contribution in [0.5, 0.6) is 5.75 Å². The number of hydrogen-bond donors (Lipinski definition) is 0. The molecule has 0 bridgehead atoms. The lowest BCUT2D eigenvalue weighted by Gasteiger charge is -2.38. The average Bonchev–Trinajstić information content (AvgIpc) is 2.80. The zero-order chi connectivity index (χ0) is 24.1. The van der Waals surface area contributed by atoms with Gasteiger partial charge in [-0.3, -0.25) is 4.90 Å². The molecule has 1 aliphatic heterocycles. The molecule has 0 N–H and O–H groups in total. The van der Waals surface area contributed by atoms with Crippen LogP contribution in [0.4, 0.5) is 0 Å². The van der Waals surface area contributed by atoms with E-state index in [1.165, 1.54) is 23.7 Å². The Morgan fingerprint density at radius 1 is 1.00 bits per heavy atom. The molecule has 2 aromatic carbocycles. The predicted molar refractivity (Wildman–Crippen MR) is 127 cm³/mol. The zero-order valence-electron chi connectivity index (χ0n) is 19.3. The number of benzene rings is 2. The van der Waals surface area contributed by atoms with Crippen molar-refractivity contribution in [2.24, 2.45) is 0 Å². The molecule has 0 radical (unpaired) electrons. The largest absolute Gasteiger partial charge is 0.497 e. The normalized spacial score (nSPS) is 16.2. The van der Waals surface area contributed by atoms with Crippen LogP contribution < -0.4 is 4.74 Å². The first kappa shape index (κ1) is 25.6. The summed E-state index contributed by atoms with van der Waals surface area (Å²) in [6.07, 6.45) is 2.51. The van der Waals surface area contributed by atoms with Crippen molar-refractivity contribution in [1.29, 1.82) is 0 Å². The minimum Gasteiger partial charge on any atom is -0.497 e. The number of likely N-dealkylation sites (tertiary alicyclic amines) is 1. The summed E-state index contributed by atoms with van der Waals surface area (Å²) >= 11 is 0. The number of sulfone groups is 1. The van der Waals surface area contributed by atoms with Gasteiger partial charge in [-0.05, 0) is 36.6 Å². The van der Waals surface area contributed by atoms with Crippen LogP contribution >= 0.6 is 0 Å². The van der Waals surface area contributed by atoms with Gasteiger partial charge < -0.3 is 9.47 Å². The Morgan fingerprint density at radius 3 is 2.33 bits per heavy atom. The van der Waals surface area contributed by atoms with Crippen LogP contribution in [0.25, 0.3) is 0 Å². The SMILES string of the molecule is COCCN(C1CCN(Cc2ccccc2S(C)(=O)=O)CC1)S(=O)(=O)c1cccc(OC)c1. The molecule has 1 fully saturated rings. The molecule has 0 aliphatic carbocycles. The standard InChI is InChI=1S/C23H32N2O6S2/c1-30-16-15-25(33(28,29)22-9-6-8-21(17-22)31-2)20-11-13-24(14-12-20)18-19-7-4-5-10-23(19)32(3,26)27/h4-10,17,20H,11-16,18H2,1-3H3. The molecule has 1 aliphatic rings. The summed E-state index contributed by atoms with van der Waals surface area (Å²) in [4.78, 5) is 2.71. The molecule has 0 saturated carbocycles. The molecule has 0 spiro atoms. The average molecular weight is 497 g/mol. The van der Waals surface area contributed by atoms with E-state index in [9.17, 15) is 16.8 Å². The van der Waals surface area contributed by atoms with Crippen molar-refractivity contribution in [1.82, 2.24) is 9.21 Å². The monoisotopic (exact) mass is 496 g/mol. The topological polar surface area (TPSA) is 93.2 Å². The smallest absolute Gasteiger partial charge is 0.243 e. The highest BCUT2D eigenvalue weighted by Gasteiger charge is 2.34. The molecular formula is C23H32N2O6S2.